The zero-order valence-electron chi connectivity index (χ0n) is 8.75. The summed E-state index contributed by atoms with van der Waals surface area (Å²) in [6, 6.07) is 8.03. The molecule has 0 unspecified atom stereocenters. The lowest BCUT2D eigenvalue weighted by Gasteiger charge is -2.06. The molecule has 0 fully saturated rings. The van der Waals surface area contributed by atoms with Crippen molar-refractivity contribution in [3.05, 3.63) is 34.3 Å². The maximum absolute atomic E-state index is 5.40. The van der Waals surface area contributed by atoms with Gasteiger partial charge in [-0.05, 0) is 37.6 Å². The molecule has 3 heteroatoms. The van der Waals surface area contributed by atoms with Crippen molar-refractivity contribution in [3.63, 3.8) is 0 Å². The van der Waals surface area contributed by atoms with Crippen LogP contribution in [0.5, 0.6) is 5.88 Å². The quantitative estimate of drug-likeness (QED) is 0.826. The van der Waals surface area contributed by atoms with Gasteiger partial charge in [0, 0.05) is 15.9 Å². The number of benzene rings is 1. The smallest absolute Gasteiger partial charge is 0.214 e. The van der Waals surface area contributed by atoms with Gasteiger partial charge in [0.15, 0.2) is 0 Å². The zero-order chi connectivity index (χ0) is 10.8. The second-order valence-electron chi connectivity index (χ2n) is 3.37. The van der Waals surface area contributed by atoms with Crippen molar-refractivity contribution >= 4 is 26.8 Å². The molecule has 0 bridgehead atoms. The molecule has 15 heavy (non-hydrogen) atoms. The van der Waals surface area contributed by atoms with Gasteiger partial charge in [0.25, 0.3) is 0 Å². The summed E-state index contributed by atoms with van der Waals surface area (Å²) in [4.78, 5) is 4.42. The van der Waals surface area contributed by atoms with Gasteiger partial charge >= 0.3 is 0 Å². The summed E-state index contributed by atoms with van der Waals surface area (Å²) < 4.78 is 6.48. The van der Waals surface area contributed by atoms with E-state index in [4.69, 9.17) is 4.74 Å². The van der Waals surface area contributed by atoms with Crippen LogP contribution in [-0.4, -0.2) is 11.6 Å². The Bertz CT molecular complexity index is 496. The summed E-state index contributed by atoms with van der Waals surface area (Å²) in [6.45, 7) is 4.68. The predicted octanol–water partition coefficient (Wildman–Crippen LogP) is 3.70. The molecular weight excluding hydrogens is 254 g/mol. The third-order valence-electron chi connectivity index (χ3n) is 2.25. The Kier molecular flexibility index (Phi) is 2.91. The molecule has 0 aliphatic rings. The lowest BCUT2D eigenvalue weighted by atomic mass is 10.1. The molecule has 2 rings (SSSR count). The molecule has 1 heterocycles. The molecule has 2 aromatic rings. The molecule has 0 amide bonds. The molecule has 0 N–H and O–H groups in total. The highest BCUT2D eigenvalue weighted by Gasteiger charge is 2.03. The first kappa shape index (κ1) is 10.4. The molecule has 0 aliphatic heterocycles. The Morgan fingerprint density at radius 1 is 1.33 bits per heavy atom. The van der Waals surface area contributed by atoms with Gasteiger partial charge in [-0.3, -0.25) is 0 Å². The summed E-state index contributed by atoms with van der Waals surface area (Å²) >= 11 is 3.46. The van der Waals surface area contributed by atoms with E-state index in [1.807, 2.05) is 25.1 Å². The maximum atomic E-state index is 5.40. The van der Waals surface area contributed by atoms with Crippen molar-refractivity contribution in [1.29, 1.82) is 0 Å². The predicted molar refractivity (Wildman–Crippen MR) is 65.3 cm³/mol. The summed E-state index contributed by atoms with van der Waals surface area (Å²) in [5.74, 6) is 0.699. The number of fused-ring (bicyclic) bond motifs is 1. The number of nitrogens with zero attached hydrogens (tertiary/aromatic N) is 1. The van der Waals surface area contributed by atoms with Crippen molar-refractivity contribution in [2.45, 2.75) is 13.8 Å². The molecule has 2 nitrogen and oxygen atoms in total. The van der Waals surface area contributed by atoms with Crippen LogP contribution in [0.15, 0.2) is 28.7 Å². The highest BCUT2D eigenvalue weighted by molar-refractivity contribution is 9.10. The first-order valence-corrected chi connectivity index (χ1v) is 5.69. The second-order valence-corrected chi connectivity index (χ2v) is 4.29. The van der Waals surface area contributed by atoms with Crippen LogP contribution in [0.4, 0.5) is 0 Å². The Morgan fingerprint density at radius 3 is 2.87 bits per heavy atom. The second kappa shape index (κ2) is 4.19. The van der Waals surface area contributed by atoms with Crippen LogP contribution >= 0.6 is 15.9 Å². The van der Waals surface area contributed by atoms with Crippen LogP contribution in [0.25, 0.3) is 10.9 Å². The van der Waals surface area contributed by atoms with E-state index in [0.29, 0.717) is 12.5 Å². The van der Waals surface area contributed by atoms with E-state index in [1.165, 1.54) is 5.56 Å². The molecule has 0 spiro atoms. The van der Waals surface area contributed by atoms with Crippen molar-refractivity contribution in [1.82, 2.24) is 4.98 Å². The van der Waals surface area contributed by atoms with Gasteiger partial charge in [-0.1, -0.05) is 15.9 Å². The van der Waals surface area contributed by atoms with Crippen LogP contribution in [0.1, 0.15) is 12.5 Å². The lowest BCUT2D eigenvalue weighted by molar-refractivity contribution is 0.328. The summed E-state index contributed by atoms with van der Waals surface area (Å²) in [5, 5.41) is 1.16. The SMILES string of the molecule is CCOc1cc(C)c2cc(Br)ccc2n1. The first-order valence-electron chi connectivity index (χ1n) is 4.90. The van der Waals surface area contributed by atoms with Crippen LogP contribution in [-0.2, 0) is 0 Å². The van der Waals surface area contributed by atoms with Crippen LogP contribution in [0.2, 0.25) is 0 Å². The fourth-order valence-electron chi connectivity index (χ4n) is 1.56. The van der Waals surface area contributed by atoms with Crippen LogP contribution in [0.3, 0.4) is 0 Å². The van der Waals surface area contributed by atoms with Gasteiger partial charge < -0.3 is 4.74 Å². The standard InChI is InChI=1S/C12H12BrNO/c1-3-15-12-6-8(2)10-7-9(13)4-5-11(10)14-12/h4-7H,3H2,1-2H3. The third-order valence-corrected chi connectivity index (χ3v) is 2.74. The molecule has 78 valence electrons. The van der Waals surface area contributed by atoms with Crippen LogP contribution < -0.4 is 4.74 Å². The molecule has 1 aromatic heterocycles. The van der Waals surface area contributed by atoms with Gasteiger partial charge in [0.05, 0.1) is 12.1 Å². The topological polar surface area (TPSA) is 22.1 Å². The van der Waals surface area contributed by atoms with Crippen molar-refractivity contribution in [2.24, 2.45) is 0 Å². The van der Waals surface area contributed by atoms with Crippen LogP contribution in [0, 0.1) is 6.92 Å². The number of ether oxygens (including phenoxy) is 1. The summed E-state index contributed by atoms with van der Waals surface area (Å²) in [7, 11) is 0. The number of aromatic nitrogens is 1. The van der Waals surface area contributed by atoms with Crippen molar-refractivity contribution < 1.29 is 4.74 Å². The van der Waals surface area contributed by atoms with E-state index in [2.05, 4.69) is 33.9 Å². The van der Waals surface area contributed by atoms with E-state index in [1.54, 1.807) is 0 Å². The van der Waals surface area contributed by atoms with Crippen molar-refractivity contribution in [3.8, 4) is 5.88 Å². The van der Waals surface area contributed by atoms with E-state index in [0.717, 1.165) is 15.4 Å². The average molecular weight is 266 g/mol. The van der Waals surface area contributed by atoms with E-state index >= 15 is 0 Å². The number of halogens is 1. The fraction of sp³-hybridized carbons (Fsp3) is 0.250. The first-order chi connectivity index (χ1) is 7.20. The van der Waals surface area contributed by atoms with Crippen molar-refractivity contribution in [2.75, 3.05) is 6.61 Å². The zero-order valence-corrected chi connectivity index (χ0v) is 10.3. The maximum Gasteiger partial charge on any atom is 0.214 e. The third kappa shape index (κ3) is 2.12. The van der Waals surface area contributed by atoms with Gasteiger partial charge in [0.2, 0.25) is 5.88 Å². The highest BCUT2D eigenvalue weighted by atomic mass is 79.9. The number of hydrogen-bond acceptors (Lipinski definition) is 2. The molecule has 0 aliphatic carbocycles. The minimum absolute atomic E-state index is 0.647. The highest BCUT2D eigenvalue weighted by Crippen LogP contribution is 2.24. The Labute approximate surface area is 97.4 Å². The van der Waals surface area contributed by atoms with Gasteiger partial charge in [0.1, 0.15) is 0 Å². The fourth-order valence-corrected chi connectivity index (χ4v) is 1.92. The number of aryl methyl sites for hydroxylation is 1. The molecule has 0 atom stereocenters. The lowest BCUT2D eigenvalue weighted by Crippen LogP contribution is -1.95. The molecule has 0 saturated carbocycles. The Hall–Kier alpha value is -1.09. The van der Waals surface area contributed by atoms with Gasteiger partial charge in [-0.15, -0.1) is 0 Å². The summed E-state index contributed by atoms with van der Waals surface area (Å²) in [5.41, 5.74) is 2.16. The van der Waals surface area contributed by atoms with Gasteiger partial charge in [-0.2, -0.15) is 0 Å². The monoisotopic (exact) mass is 265 g/mol. The summed E-state index contributed by atoms with van der Waals surface area (Å²) in [6.07, 6.45) is 0. The molecule has 1 aromatic carbocycles. The minimum atomic E-state index is 0.647. The largest absolute Gasteiger partial charge is 0.478 e. The minimum Gasteiger partial charge on any atom is -0.478 e. The van der Waals surface area contributed by atoms with Gasteiger partial charge in [-0.25, -0.2) is 4.98 Å². The van der Waals surface area contributed by atoms with E-state index < -0.39 is 0 Å². The average Bonchev–Trinajstić information content (AvgIpc) is 2.20. The Balaban J connectivity index is 2.62. The molecule has 0 saturated heterocycles. The normalized spacial score (nSPS) is 10.6. The molecule has 0 radical (unpaired) electrons. The number of hydrogen-bond donors (Lipinski definition) is 0. The van der Waals surface area contributed by atoms with E-state index in [9.17, 15) is 0 Å². The number of pyridine rings is 1. The Morgan fingerprint density at radius 2 is 2.13 bits per heavy atom. The molecular formula is C12H12BrNO. The number of rotatable bonds is 2. The van der Waals surface area contributed by atoms with E-state index in [-0.39, 0.29) is 0 Å².